The lowest BCUT2D eigenvalue weighted by atomic mass is 10.1. The van der Waals surface area contributed by atoms with Gasteiger partial charge in [0.1, 0.15) is 0 Å². The van der Waals surface area contributed by atoms with Gasteiger partial charge in [-0.05, 0) is 25.8 Å². The van der Waals surface area contributed by atoms with Crippen LogP contribution in [0.4, 0.5) is 0 Å². The van der Waals surface area contributed by atoms with E-state index in [0.29, 0.717) is 19.8 Å². The molecule has 0 amide bonds. The minimum absolute atomic E-state index is 0.0953. The standard InChI is InChI=1S/C12H24N2O3S/c1-2-3-9-17-10-8-14-18(15,16)11-12-6-4-5-7-13-12/h2,12-14H,1,3-11H2. The Labute approximate surface area is 110 Å². The molecular weight excluding hydrogens is 252 g/mol. The molecule has 0 aromatic carbocycles. The maximum absolute atomic E-state index is 11.8. The van der Waals surface area contributed by atoms with E-state index >= 15 is 0 Å². The summed E-state index contributed by atoms with van der Waals surface area (Å²) < 4.78 is 31.3. The lowest BCUT2D eigenvalue weighted by Gasteiger charge is -2.23. The van der Waals surface area contributed by atoms with Crippen LogP contribution < -0.4 is 10.0 Å². The highest BCUT2D eigenvalue weighted by molar-refractivity contribution is 7.89. The molecule has 6 heteroatoms. The van der Waals surface area contributed by atoms with Gasteiger partial charge in [0.25, 0.3) is 0 Å². The van der Waals surface area contributed by atoms with Gasteiger partial charge in [0.15, 0.2) is 0 Å². The first-order valence-corrected chi connectivity index (χ1v) is 8.18. The molecule has 1 fully saturated rings. The normalized spacial score (nSPS) is 20.8. The molecular formula is C12H24N2O3S. The van der Waals surface area contributed by atoms with E-state index in [1.807, 2.05) is 0 Å². The van der Waals surface area contributed by atoms with E-state index in [9.17, 15) is 8.42 Å². The second-order valence-electron chi connectivity index (χ2n) is 4.51. The summed E-state index contributed by atoms with van der Waals surface area (Å²) in [5.41, 5.74) is 0. The smallest absolute Gasteiger partial charge is 0.213 e. The lowest BCUT2D eigenvalue weighted by Crippen LogP contribution is -2.43. The summed E-state index contributed by atoms with van der Waals surface area (Å²) in [6.45, 7) is 5.85. The van der Waals surface area contributed by atoms with Crippen molar-refractivity contribution < 1.29 is 13.2 Å². The third-order valence-corrected chi connectivity index (χ3v) is 4.35. The summed E-state index contributed by atoms with van der Waals surface area (Å²) in [7, 11) is -3.19. The summed E-state index contributed by atoms with van der Waals surface area (Å²) >= 11 is 0. The summed E-state index contributed by atoms with van der Waals surface area (Å²) in [5.74, 6) is 0.166. The minimum Gasteiger partial charge on any atom is -0.380 e. The van der Waals surface area contributed by atoms with Crippen molar-refractivity contribution in [2.45, 2.75) is 31.7 Å². The molecule has 0 bridgehead atoms. The first-order chi connectivity index (χ1) is 8.64. The van der Waals surface area contributed by atoms with E-state index in [2.05, 4.69) is 16.6 Å². The second-order valence-corrected chi connectivity index (χ2v) is 6.36. The second kappa shape index (κ2) is 8.63. The molecule has 18 heavy (non-hydrogen) atoms. The van der Waals surface area contributed by atoms with E-state index < -0.39 is 10.0 Å². The van der Waals surface area contributed by atoms with Gasteiger partial charge in [-0.25, -0.2) is 13.1 Å². The summed E-state index contributed by atoms with van der Waals surface area (Å²) in [5, 5.41) is 3.23. The maximum Gasteiger partial charge on any atom is 0.213 e. The SMILES string of the molecule is C=CCCOCCNS(=O)(=O)CC1CCCCN1. The molecule has 1 aliphatic rings. The van der Waals surface area contributed by atoms with Gasteiger partial charge in [0.05, 0.1) is 19.0 Å². The van der Waals surface area contributed by atoms with Gasteiger partial charge >= 0.3 is 0 Å². The van der Waals surface area contributed by atoms with Gasteiger partial charge in [0.2, 0.25) is 10.0 Å². The van der Waals surface area contributed by atoms with E-state index in [1.54, 1.807) is 6.08 Å². The van der Waals surface area contributed by atoms with Gasteiger partial charge in [-0.15, -0.1) is 6.58 Å². The molecule has 0 aromatic heterocycles. The van der Waals surface area contributed by atoms with Crippen molar-refractivity contribution in [2.75, 3.05) is 32.1 Å². The van der Waals surface area contributed by atoms with Gasteiger partial charge < -0.3 is 10.1 Å². The van der Waals surface area contributed by atoms with Gasteiger partial charge in [-0.1, -0.05) is 12.5 Å². The predicted octanol–water partition coefficient (Wildman–Crippen LogP) is 0.641. The third-order valence-electron chi connectivity index (χ3n) is 2.87. The molecule has 0 aromatic rings. The van der Waals surface area contributed by atoms with Crippen molar-refractivity contribution in [3.63, 3.8) is 0 Å². The van der Waals surface area contributed by atoms with Crippen molar-refractivity contribution >= 4 is 10.0 Å². The Kier molecular flexibility index (Phi) is 7.50. The Morgan fingerprint density at radius 2 is 2.22 bits per heavy atom. The number of sulfonamides is 1. The molecule has 0 aliphatic carbocycles. The molecule has 5 nitrogen and oxygen atoms in total. The van der Waals surface area contributed by atoms with Crippen LogP contribution in [0.25, 0.3) is 0 Å². The zero-order valence-corrected chi connectivity index (χ0v) is 11.7. The van der Waals surface area contributed by atoms with Crippen molar-refractivity contribution in [2.24, 2.45) is 0 Å². The van der Waals surface area contributed by atoms with Crippen molar-refractivity contribution in [1.82, 2.24) is 10.0 Å². The van der Waals surface area contributed by atoms with E-state index in [0.717, 1.165) is 32.2 Å². The van der Waals surface area contributed by atoms with Crippen molar-refractivity contribution in [3.8, 4) is 0 Å². The summed E-state index contributed by atoms with van der Waals surface area (Å²) in [6, 6.07) is 0.0953. The number of rotatable bonds is 9. The summed E-state index contributed by atoms with van der Waals surface area (Å²) in [6.07, 6.45) is 5.76. The van der Waals surface area contributed by atoms with Gasteiger partial charge in [0, 0.05) is 12.6 Å². The van der Waals surface area contributed by atoms with Crippen molar-refractivity contribution in [1.29, 1.82) is 0 Å². The van der Waals surface area contributed by atoms with Crippen LogP contribution in [0.15, 0.2) is 12.7 Å². The fourth-order valence-electron chi connectivity index (χ4n) is 1.93. The van der Waals surface area contributed by atoms with Crippen LogP contribution in [-0.4, -0.2) is 46.5 Å². The molecule has 106 valence electrons. The average Bonchev–Trinajstić information content (AvgIpc) is 2.34. The van der Waals surface area contributed by atoms with Crippen LogP contribution >= 0.6 is 0 Å². The quantitative estimate of drug-likeness (QED) is 0.479. The van der Waals surface area contributed by atoms with Crippen LogP contribution in [-0.2, 0) is 14.8 Å². The molecule has 1 unspecified atom stereocenters. The van der Waals surface area contributed by atoms with Crippen LogP contribution in [0.1, 0.15) is 25.7 Å². The van der Waals surface area contributed by atoms with Gasteiger partial charge in [-0.3, -0.25) is 0 Å². The Bertz CT molecular complexity index is 324. The van der Waals surface area contributed by atoms with E-state index in [-0.39, 0.29) is 11.8 Å². The largest absolute Gasteiger partial charge is 0.380 e. The van der Waals surface area contributed by atoms with E-state index in [1.165, 1.54) is 0 Å². The Balaban J connectivity index is 2.12. The fourth-order valence-corrected chi connectivity index (χ4v) is 3.25. The zero-order valence-electron chi connectivity index (χ0n) is 10.9. The highest BCUT2D eigenvalue weighted by atomic mass is 32.2. The minimum atomic E-state index is -3.19. The Morgan fingerprint density at radius 1 is 1.39 bits per heavy atom. The molecule has 1 heterocycles. The molecule has 0 spiro atoms. The number of nitrogens with one attached hydrogen (secondary N) is 2. The van der Waals surface area contributed by atoms with E-state index in [4.69, 9.17) is 4.74 Å². The first-order valence-electron chi connectivity index (χ1n) is 6.53. The molecule has 2 N–H and O–H groups in total. The third kappa shape index (κ3) is 7.10. The van der Waals surface area contributed by atoms with Crippen LogP contribution in [0.2, 0.25) is 0 Å². The molecule has 0 radical (unpaired) electrons. The maximum atomic E-state index is 11.8. The molecule has 1 saturated heterocycles. The lowest BCUT2D eigenvalue weighted by molar-refractivity contribution is 0.144. The zero-order chi connectivity index (χ0) is 13.3. The Morgan fingerprint density at radius 3 is 2.89 bits per heavy atom. The first kappa shape index (κ1) is 15.6. The van der Waals surface area contributed by atoms with Crippen LogP contribution in [0, 0.1) is 0 Å². The molecule has 1 rings (SSSR count). The topological polar surface area (TPSA) is 67.4 Å². The molecule has 1 atom stereocenters. The average molecular weight is 276 g/mol. The number of hydrogen-bond donors (Lipinski definition) is 2. The highest BCUT2D eigenvalue weighted by Gasteiger charge is 2.20. The van der Waals surface area contributed by atoms with Crippen LogP contribution in [0.5, 0.6) is 0 Å². The molecule has 0 saturated carbocycles. The number of hydrogen-bond acceptors (Lipinski definition) is 4. The summed E-state index contributed by atoms with van der Waals surface area (Å²) in [4.78, 5) is 0. The number of ether oxygens (including phenoxy) is 1. The van der Waals surface area contributed by atoms with Gasteiger partial charge in [-0.2, -0.15) is 0 Å². The highest BCUT2D eigenvalue weighted by Crippen LogP contribution is 2.08. The number of piperidine rings is 1. The molecule has 1 aliphatic heterocycles. The monoisotopic (exact) mass is 276 g/mol. The van der Waals surface area contributed by atoms with Crippen molar-refractivity contribution in [3.05, 3.63) is 12.7 Å². The predicted molar refractivity (Wildman–Crippen MR) is 73.1 cm³/mol. The fraction of sp³-hybridized carbons (Fsp3) is 0.833. The Hall–Kier alpha value is -0.430. The van der Waals surface area contributed by atoms with Crippen LogP contribution in [0.3, 0.4) is 0 Å².